The minimum Gasteiger partial charge on any atom is -0.396 e. The number of hydrogen-bond acceptors (Lipinski definition) is 5. The fraction of sp³-hybridized carbons (Fsp3) is 0.400. The van der Waals surface area contributed by atoms with Gasteiger partial charge in [-0.2, -0.15) is 0 Å². The number of ether oxygens (including phenoxy) is 1. The highest BCUT2D eigenvalue weighted by molar-refractivity contribution is 7.89. The second-order valence-electron chi connectivity index (χ2n) is 3.83. The standard InChI is InChI=1S/C10H15N3O3S/c11-10-8(13-4-6-16-7-5-13)2-1-3-9(10)17(12,14)15/h1-3H,4-7,11H2,(H2,12,14,15). The van der Waals surface area contributed by atoms with E-state index in [2.05, 4.69) is 0 Å². The van der Waals surface area contributed by atoms with Crippen LogP contribution in [0.1, 0.15) is 0 Å². The molecule has 17 heavy (non-hydrogen) atoms. The van der Waals surface area contributed by atoms with Gasteiger partial charge in [0, 0.05) is 13.1 Å². The van der Waals surface area contributed by atoms with Gasteiger partial charge in [0.05, 0.1) is 24.6 Å². The van der Waals surface area contributed by atoms with Gasteiger partial charge in [-0.1, -0.05) is 6.07 Å². The zero-order valence-electron chi connectivity index (χ0n) is 9.30. The number of para-hydroxylation sites is 1. The Morgan fingerprint density at radius 2 is 1.88 bits per heavy atom. The average Bonchev–Trinajstić information content (AvgIpc) is 2.29. The fourth-order valence-electron chi connectivity index (χ4n) is 1.86. The number of nitrogen functional groups attached to an aromatic ring is 1. The third kappa shape index (κ3) is 2.51. The van der Waals surface area contributed by atoms with Crippen LogP contribution in [0, 0.1) is 0 Å². The Morgan fingerprint density at radius 1 is 1.24 bits per heavy atom. The normalized spacial score (nSPS) is 17.1. The number of benzene rings is 1. The first-order valence-electron chi connectivity index (χ1n) is 5.24. The first-order valence-corrected chi connectivity index (χ1v) is 6.79. The van der Waals surface area contributed by atoms with Crippen molar-refractivity contribution in [2.45, 2.75) is 4.90 Å². The lowest BCUT2D eigenvalue weighted by atomic mass is 10.2. The van der Waals surface area contributed by atoms with Crippen molar-refractivity contribution in [2.75, 3.05) is 36.9 Å². The van der Waals surface area contributed by atoms with Crippen LogP contribution in [-0.4, -0.2) is 34.7 Å². The molecule has 0 aromatic heterocycles. The SMILES string of the molecule is Nc1c(N2CCOCC2)cccc1S(N)(=O)=O. The van der Waals surface area contributed by atoms with Crippen LogP contribution in [0.5, 0.6) is 0 Å². The number of nitrogens with zero attached hydrogens (tertiary/aromatic N) is 1. The van der Waals surface area contributed by atoms with Crippen molar-refractivity contribution >= 4 is 21.4 Å². The Morgan fingerprint density at radius 3 is 2.47 bits per heavy atom. The molecule has 0 radical (unpaired) electrons. The van der Waals surface area contributed by atoms with E-state index < -0.39 is 10.0 Å². The Bertz CT molecular complexity index is 510. The smallest absolute Gasteiger partial charge is 0.240 e. The van der Waals surface area contributed by atoms with Gasteiger partial charge in [0.15, 0.2) is 0 Å². The highest BCUT2D eigenvalue weighted by Crippen LogP contribution is 2.29. The van der Waals surface area contributed by atoms with Gasteiger partial charge in [-0.3, -0.25) is 0 Å². The van der Waals surface area contributed by atoms with Crippen LogP contribution in [0.2, 0.25) is 0 Å². The largest absolute Gasteiger partial charge is 0.396 e. The van der Waals surface area contributed by atoms with E-state index in [4.69, 9.17) is 15.6 Å². The van der Waals surface area contributed by atoms with Crippen molar-refractivity contribution in [2.24, 2.45) is 5.14 Å². The molecular formula is C10H15N3O3S. The molecular weight excluding hydrogens is 242 g/mol. The lowest BCUT2D eigenvalue weighted by Crippen LogP contribution is -2.36. The number of rotatable bonds is 2. The summed E-state index contributed by atoms with van der Waals surface area (Å²) >= 11 is 0. The lowest BCUT2D eigenvalue weighted by molar-refractivity contribution is 0.123. The Balaban J connectivity index is 2.42. The Labute approximate surface area is 100 Å². The molecule has 1 aromatic carbocycles. The highest BCUT2D eigenvalue weighted by Gasteiger charge is 2.19. The summed E-state index contributed by atoms with van der Waals surface area (Å²) in [7, 11) is -3.78. The van der Waals surface area contributed by atoms with Crippen molar-refractivity contribution < 1.29 is 13.2 Å². The fourth-order valence-corrected chi connectivity index (χ4v) is 2.54. The third-order valence-corrected chi connectivity index (χ3v) is 3.67. The summed E-state index contributed by atoms with van der Waals surface area (Å²) in [6, 6.07) is 4.84. The number of hydrogen-bond donors (Lipinski definition) is 2. The van der Waals surface area contributed by atoms with E-state index in [0.29, 0.717) is 32.0 Å². The number of primary sulfonamides is 1. The van der Waals surface area contributed by atoms with Crippen LogP contribution in [0.4, 0.5) is 11.4 Å². The van der Waals surface area contributed by atoms with Crippen LogP contribution in [-0.2, 0) is 14.8 Å². The molecule has 1 aliphatic rings. The first-order chi connectivity index (χ1) is 8.00. The van der Waals surface area contributed by atoms with E-state index >= 15 is 0 Å². The third-order valence-electron chi connectivity index (χ3n) is 2.70. The highest BCUT2D eigenvalue weighted by atomic mass is 32.2. The Kier molecular flexibility index (Phi) is 3.23. The van der Waals surface area contributed by atoms with Gasteiger partial charge in [-0.25, -0.2) is 13.6 Å². The van der Waals surface area contributed by atoms with Crippen molar-refractivity contribution in [3.05, 3.63) is 18.2 Å². The summed E-state index contributed by atoms with van der Waals surface area (Å²) in [5.41, 5.74) is 6.76. The van der Waals surface area contributed by atoms with Gasteiger partial charge < -0.3 is 15.4 Å². The average molecular weight is 257 g/mol. The van der Waals surface area contributed by atoms with Gasteiger partial charge >= 0.3 is 0 Å². The number of nitrogens with two attached hydrogens (primary N) is 2. The molecule has 1 heterocycles. The van der Waals surface area contributed by atoms with Gasteiger partial charge in [-0.15, -0.1) is 0 Å². The first kappa shape index (κ1) is 12.2. The molecule has 1 aliphatic heterocycles. The van der Waals surface area contributed by atoms with Crippen molar-refractivity contribution in [1.82, 2.24) is 0 Å². The quantitative estimate of drug-likeness (QED) is 0.712. The maximum Gasteiger partial charge on any atom is 0.240 e. The topological polar surface area (TPSA) is 98.6 Å². The molecule has 4 N–H and O–H groups in total. The molecule has 2 rings (SSSR count). The molecule has 0 aliphatic carbocycles. The lowest BCUT2D eigenvalue weighted by Gasteiger charge is -2.30. The number of morpholine rings is 1. The van der Waals surface area contributed by atoms with E-state index in [1.807, 2.05) is 4.90 Å². The predicted molar refractivity (Wildman–Crippen MR) is 65.3 cm³/mol. The minimum absolute atomic E-state index is 0.0264. The van der Waals surface area contributed by atoms with Crippen LogP contribution in [0.25, 0.3) is 0 Å². The summed E-state index contributed by atoms with van der Waals surface area (Å²) in [6.45, 7) is 2.61. The van der Waals surface area contributed by atoms with Crippen LogP contribution in [0.3, 0.4) is 0 Å². The molecule has 0 unspecified atom stereocenters. The molecule has 1 aromatic rings. The van der Waals surface area contributed by atoms with Crippen molar-refractivity contribution in [3.8, 4) is 0 Å². The second kappa shape index (κ2) is 4.52. The van der Waals surface area contributed by atoms with Crippen LogP contribution >= 0.6 is 0 Å². The maximum atomic E-state index is 11.3. The summed E-state index contributed by atoms with van der Waals surface area (Å²) in [6.07, 6.45) is 0. The zero-order valence-corrected chi connectivity index (χ0v) is 10.1. The summed E-state index contributed by atoms with van der Waals surface area (Å²) in [5.74, 6) is 0. The molecule has 94 valence electrons. The van der Waals surface area contributed by atoms with Crippen LogP contribution < -0.4 is 15.8 Å². The number of sulfonamides is 1. The summed E-state index contributed by atoms with van der Waals surface area (Å²) in [4.78, 5) is 1.97. The van der Waals surface area contributed by atoms with E-state index in [9.17, 15) is 8.42 Å². The Hall–Kier alpha value is -1.31. The van der Waals surface area contributed by atoms with Gasteiger partial charge in [0.25, 0.3) is 0 Å². The van der Waals surface area contributed by atoms with Gasteiger partial charge in [0.2, 0.25) is 10.0 Å². The minimum atomic E-state index is -3.78. The molecule has 0 spiro atoms. The molecule has 6 nitrogen and oxygen atoms in total. The molecule has 1 saturated heterocycles. The molecule has 0 bridgehead atoms. The van der Waals surface area contributed by atoms with E-state index in [0.717, 1.165) is 0 Å². The van der Waals surface area contributed by atoms with Crippen LogP contribution in [0.15, 0.2) is 23.1 Å². The molecule has 0 amide bonds. The van der Waals surface area contributed by atoms with Gasteiger partial charge in [-0.05, 0) is 12.1 Å². The molecule has 0 saturated carbocycles. The van der Waals surface area contributed by atoms with Gasteiger partial charge in [0.1, 0.15) is 4.90 Å². The van der Waals surface area contributed by atoms with Crippen molar-refractivity contribution in [3.63, 3.8) is 0 Å². The van der Waals surface area contributed by atoms with E-state index in [1.165, 1.54) is 6.07 Å². The monoisotopic (exact) mass is 257 g/mol. The maximum absolute atomic E-state index is 11.3. The summed E-state index contributed by atoms with van der Waals surface area (Å²) in [5, 5.41) is 5.11. The molecule has 1 fully saturated rings. The van der Waals surface area contributed by atoms with E-state index in [1.54, 1.807) is 12.1 Å². The second-order valence-corrected chi connectivity index (χ2v) is 5.36. The van der Waals surface area contributed by atoms with E-state index in [-0.39, 0.29) is 10.6 Å². The zero-order chi connectivity index (χ0) is 12.5. The molecule has 0 atom stereocenters. The number of anilines is 2. The molecule has 7 heteroatoms. The van der Waals surface area contributed by atoms with Crippen molar-refractivity contribution in [1.29, 1.82) is 0 Å². The predicted octanol–water partition coefficient (Wildman–Crippen LogP) is -0.247. The summed E-state index contributed by atoms with van der Waals surface area (Å²) < 4.78 is 27.9.